The fourth-order valence-electron chi connectivity index (χ4n) is 1.55. The summed E-state index contributed by atoms with van der Waals surface area (Å²) in [6, 6.07) is 8.46. The molecular formula is C14H24N2. The third-order valence-electron chi connectivity index (χ3n) is 2.78. The molecule has 0 bridgehead atoms. The molecule has 0 unspecified atom stereocenters. The zero-order chi connectivity index (χ0) is 12.2. The highest BCUT2D eigenvalue weighted by molar-refractivity contribution is 5.47. The molecule has 0 atom stereocenters. The van der Waals surface area contributed by atoms with Gasteiger partial charge in [-0.15, -0.1) is 0 Å². The largest absolute Gasteiger partial charge is 0.375 e. The standard InChI is InChI=1S/C14H24N2/c1-14(2,3)8-9-16(4)13-7-5-6-12(10-13)11-15/h5-7,10H,8-9,11,15H2,1-4H3. The highest BCUT2D eigenvalue weighted by Gasteiger charge is 2.11. The zero-order valence-corrected chi connectivity index (χ0v) is 11.0. The van der Waals surface area contributed by atoms with E-state index in [0.29, 0.717) is 12.0 Å². The lowest BCUT2D eigenvalue weighted by Crippen LogP contribution is -2.23. The molecule has 1 aromatic rings. The molecule has 16 heavy (non-hydrogen) atoms. The van der Waals surface area contributed by atoms with Crippen molar-refractivity contribution in [3.63, 3.8) is 0 Å². The average molecular weight is 220 g/mol. The van der Waals surface area contributed by atoms with Crippen LogP contribution in [0.1, 0.15) is 32.8 Å². The van der Waals surface area contributed by atoms with Gasteiger partial charge in [0.1, 0.15) is 0 Å². The summed E-state index contributed by atoms with van der Waals surface area (Å²) in [4.78, 5) is 2.30. The van der Waals surface area contributed by atoms with Crippen molar-refractivity contribution >= 4 is 5.69 Å². The maximum Gasteiger partial charge on any atom is 0.0366 e. The van der Waals surface area contributed by atoms with Crippen LogP contribution in [0.2, 0.25) is 0 Å². The molecule has 2 N–H and O–H groups in total. The van der Waals surface area contributed by atoms with E-state index in [1.54, 1.807) is 0 Å². The van der Waals surface area contributed by atoms with E-state index in [-0.39, 0.29) is 0 Å². The minimum Gasteiger partial charge on any atom is -0.375 e. The first-order chi connectivity index (χ1) is 7.42. The van der Waals surface area contributed by atoms with Gasteiger partial charge in [0.15, 0.2) is 0 Å². The number of rotatable bonds is 4. The Morgan fingerprint density at radius 1 is 1.25 bits per heavy atom. The van der Waals surface area contributed by atoms with Gasteiger partial charge in [-0.2, -0.15) is 0 Å². The molecule has 2 nitrogen and oxygen atoms in total. The minimum atomic E-state index is 0.389. The van der Waals surface area contributed by atoms with Crippen LogP contribution in [0.4, 0.5) is 5.69 Å². The topological polar surface area (TPSA) is 29.3 Å². The lowest BCUT2D eigenvalue weighted by atomic mass is 9.92. The number of nitrogens with two attached hydrogens (primary N) is 1. The Hall–Kier alpha value is -1.02. The maximum absolute atomic E-state index is 5.64. The van der Waals surface area contributed by atoms with Crippen molar-refractivity contribution < 1.29 is 0 Å². The van der Waals surface area contributed by atoms with Crippen molar-refractivity contribution in [2.24, 2.45) is 11.1 Å². The molecular weight excluding hydrogens is 196 g/mol. The van der Waals surface area contributed by atoms with E-state index in [1.165, 1.54) is 17.7 Å². The van der Waals surface area contributed by atoms with Gasteiger partial charge in [-0.05, 0) is 29.5 Å². The number of benzene rings is 1. The van der Waals surface area contributed by atoms with Crippen molar-refractivity contribution in [1.29, 1.82) is 0 Å². The van der Waals surface area contributed by atoms with Gasteiger partial charge >= 0.3 is 0 Å². The van der Waals surface area contributed by atoms with Gasteiger partial charge in [-0.25, -0.2) is 0 Å². The molecule has 2 heteroatoms. The molecule has 0 saturated carbocycles. The molecule has 0 aliphatic rings. The summed E-state index contributed by atoms with van der Waals surface area (Å²) in [5.41, 5.74) is 8.48. The summed E-state index contributed by atoms with van der Waals surface area (Å²) in [6.45, 7) is 8.52. The second-order valence-corrected chi connectivity index (χ2v) is 5.61. The van der Waals surface area contributed by atoms with Gasteiger partial charge in [-0.1, -0.05) is 32.9 Å². The summed E-state index contributed by atoms with van der Waals surface area (Å²) in [5, 5.41) is 0. The van der Waals surface area contributed by atoms with Gasteiger partial charge in [0.05, 0.1) is 0 Å². The highest BCUT2D eigenvalue weighted by Crippen LogP contribution is 2.21. The van der Waals surface area contributed by atoms with Crippen molar-refractivity contribution in [2.75, 3.05) is 18.5 Å². The molecule has 0 radical (unpaired) electrons. The number of anilines is 1. The van der Waals surface area contributed by atoms with Crippen LogP contribution in [0.5, 0.6) is 0 Å². The van der Waals surface area contributed by atoms with Gasteiger partial charge in [0.2, 0.25) is 0 Å². The Bertz CT molecular complexity index is 326. The van der Waals surface area contributed by atoms with Crippen LogP contribution >= 0.6 is 0 Å². The molecule has 0 saturated heterocycles. The summed E-state index contributed by atoms with van der Waals surface area (Å²) >= 11 is 0. The lowest BCUT2D eigenvalue weighted by molar-refractivity contribution is 0.381. The summed E-state index contributed by atoms with van der Waals surface area (Å²) in [5.74, 6) is 0. The van der Waals surface area contributed by atoms with Crippen LogP contribution in [0, 0.1) is 5.41 Å². The fourth-order valence-corrected chi connectivity index (χ4v) is 1.55. The normalized spacial score (nSPS) is 11.6. The van der Waals surface area contributed by atoms with E-state index in [0.717, 1.165) is 6.54 Å². The van der Waals surface area contributed by atoms with Crippen molar-refractivity contribution in [3.05, 3.63) is 29.8 Å². The second-order valence-electron chi connectivity index (χ2n) is 5.61. The highest BCUT2D eigenvalue weighted by atomic mass is 15.1. The third kappa shape index (κ3) is 4.23. The van der Waals surface area contributed by atoms with Gasteiger partial charge in [-0.3, -0.25) is 0 Å². The Kier molecular flexibility index (Phi) is 4.36. The first-order valence-electron chi connectivity index (χ1n) is 5.92. The molecule has 0 aromatic heterocycles. The Balaban J connectivity index is 2.62. The maximum atomic E-state index is 5.64. The third-order valence-corrected chi connectivity index (χ3v) is 2.78. The molecule has 0 aliphatic heterocycles. The van der Waals surface area contributed by atoms with Crippen LogP contribution in [0.25, 0.3) is 0 Å². The quantitative estimate of drug-likeness (QED) is 0.845. The fraction of sp³-hybridized carbons (Fsp3) is 0.571. The molecule has 1 aromatic carbocycles. The predicted molar refractivity (Wildman–Crippen MR) is 71.7 cm³/mol. The van der Waals surface area contributed by atoms with Gasteiger partial charge in [0.25, 0.3) is 0 Å². The van der Waals surface area contributed by atoms with E-state index in [4.69, 9.17) is 5.73 Å². The van der Waals surface area contributed by atoms with E-state index in [9.17, 15) is 0 Å². The van der Waals surface area contributed by atoms with Crippen LogP contribution < -0.4 is 10.6 Å². The first kappa shape index (κ1) is 13.0. The lowest BCUT2D eigenvalue weighted by Gasteiger charge is -2.25. The second kappa shape index (κ2) is 5.35. The van der Waals surface area contributed by atoms with E-state index < -0.39 is 0 Å². The average Bonchev–Trinajstić information content (AvgIpc) is 2.25. The van der Waals surface area contributed by atoms with Crippen LogP contribution in [0.3, 0.4) is 0 Å². The van der Waals surface area contributed by atoms with E-state index >= 15 is 0 Å². The number of hydrogen-bond acceptors (Lipinski definition) is 2. The molecule has 1 rings (SSSR count). The molecule has 0 spiro atoms. The number of hydrogen-bond donors (Lipinski definition) is 1. The Labute approximate surface area is 99.5 Å². The van der Waals surface area contributed by atoms with Crippen molar-refractivity contribution in [1.82, 2.24) is 0 Å². The Morgan fingerprint density at radius 2 is 1.94 bits per heavy atom. The molecule has 0 heterocycles. The van der Waals surface area contributed by atoms with E-state index in [1.807, 2.05) is 0 Å². The molecule has 0 fully saturated rings. The number of nitrogens with zero attached hydrogens (tertiary/aromatic N) is 1. The molecule has 0 aliphatic carbocycles. The predicted octanol–water partition coefficient (Wildman–Crippen LogP) is 3.02. The minimum absolute atomic E-state index is 0.389. The van der Waals surface area contributed by atoms with Crippen LogP contribution in [0.15, 0.2) is 24.3 Å². The summed E-state index contributed by atoms with van der Waals surface area (Å²) in [6.07, 6.45) is 1.19. The summed E-state index contributed by atoms with van der Waals surface area (Å²) < 4.78 is 0. The molecule has 0 amide bonds. The molecule has 90 valence electrons. The SMILES string of the molecule is CN(CCC(C)(C)C)c1cccc(CN)c1. The smallest absolute Gasteiger partial charge is 0.0366 e. The van der Waals surface area contributed by atoms with Gasteiger partial charge < -0.3 is 10.6 Å². The van der Waals surface area contributed by atoms with Gasteiger partial charge in [0, 0.05) is 25.8 Å². The first-order valence-corrected chi connectivity index (χ1v) is 5.92. The van der Waals surface area contributed by atoms with Crippen molar-refractivity contribution in [3.8, 4) is 0 Å². The Morgan fingerprint density at radius 3 is 2.50 bits per heavy atom. The van der Waals surface area contributed by atoms with Crippen molar-refractivity contribution in [2.45, 2.75) is 33.7 Å². The van der Waals surface area contributed by atoms with Crippen LogP contribution in [-0.2, 0) is 6.54 Å². The zero-order valence-electron chi connectivity index (χ0n) is 11.0. The van der Waals surface area contributed by atoms with Crippen LogP contribution in [-0.4, -0.2) is 13.6 Å². The summed E-state index contributed by atoms with van der Waals surface area (Å²) in [7, 11) is 2.14. The van der Waals surface area contributed by atoms with E-state index in [2.05, 4.69) is 57.0 Å². The monoisotopic (exact) mass is 220 g/mol.